The Bertz CT molecular complexity index is 1040. The number of nitrogens with zero attached hydrogens (tertiary/aromatic N) is 5. The first kappa shape index (κ1) is 26.2. The van der Waals surface area contributed by atoms with Crippen LogP contribution in [0.2, 0.25) is 0 Å². The Morgan fingerprint density at radius 3 is 2.41 bits per heavy atom. The molecule has 1 saturated heterocycles. The lowest BCUT2D eigenvalue weighted by molar-refractivity contribution is 0.277. The third-order valence-corrected chi connectivity index (χ3v) is 7.92. The SMILES string of the molecule is CCc1c(C#N)c(SCc2ccc(N(C)SC)cc2)nc(N2CCC(NCCO)CC2)c1C#N. The van der Waals surface area contributed by atoms with Crippen molar-refractivity contribution in [3.8, 4) is 12.1 Å². The second kappa shape index (κ2) is 12.9. The van der Waals surface area contributed by atoms with E-state index in [1.54, 1.807) is 23.7 Å². The minimum atomic E-state index is 0.132. The van der Waals surface area contributed by atoms with Gasteiger partial charge in [0.15, 0.2) is 0 Å². The van der Waals surface area contributed by atoms with Crippen molar-refractivity contribution in [3.63, 3.8) is 0 Å². The molecule has 1 aliphatic heterocycles. The van der Waals surface area contributed by atoms with Crippen LogP contribution in [0.1, 0.15) is 42.0 Å². The van der Waals surface area contributed by atoms with E-state index in [1.165, 1.54) is 0 Å². The van der Waals surface area contributed by atoms with E-state index in [2.05, 4.69) is 50.9 Å². The van der Waals surface area contributed by atoms with E-state index < -0.39 is 0 Å². The van der Waals surface area contributed by atoms with E-state index in [4.69, 9.17) is 10.1 Å². The number of hydrogen-bond acceptors (Lipinski definition) is 9. The number of piperidine rings is 1. The summed E-state index contributed by atoms with van der Waals surface area (Å²) in [4.78, 5) is 7.05. The van der Waals surface area contributed by atoms with Crippen LogP contribution in [0.4, 0.5) is 11.5 Å². The highest BCUT2D eigenvalue weighted by Gasteiger charge is 2.26. The molecular weight excluding hydrogens is 464 g/mol. The lowest BCUT2D eigenvalue weighted by atomic mass is 10.00. The van der Waals surface area contributed by atoms with Crippen LogP contribution in [0.5, 0.6) is 0 Å². The number of nitriles is 2. The summed E-state index contributed by atoms with van der Waals surface area (Å²) in [6.07, 6.45) is 4.50. The van der Waals surface area contributed by atoms with Gasteiger partial charge in [-0.15, -0.1) is 11.8 Å². The molecule has 0 aliphatic carbocycles. The zero-order valence-electron chi connectivity index (χ0n) is 20.0. The Balaban J connectivity index is 1.84. The fourth-order valence-electron chi connectivity index (χ4n) is 4.14. The molecule has 0 radical (unpaired) electrons. The summed E-state index contributed by atoms with van der Waals surface area (Å²) in [5, 5.41) is 33.0. The minimum Gasteiger partial charge on any atom is -0.395 e. The maximum atomic E-state index is 9.96. The molecule has 0 bridgehead atoms. The standard InChI is InChI=1S/C25H32N6OS2/c1-4-21-22(15-26)24(31-12-9-19(10-13-31)28-11-14-32)29-25(23(21)16-27)34-17-18-5-7-20(8-6-18)30(2)33-3/h5-8,19,28,32H,4,9-14,17H2,1-3H3. The van der Waals surface area contributed by atoms with Gasteiger partial charge in [0.05, 0.1) is 17.7 Å². The maximum Gasteiger partial charge on any atom is 0.148 e. The lowest BCUT2D eigenvalue weighted by Gasteiger charge is -2.34. The Morgan fingerprint density at radius 2 is 1.85 bits per heavy atom. The van der Waals surface area contributed by atoms with Crippen molar-refractivity contribution in [2.45, 2.75) is 43.0 Å². The molecule has 0 unspecified atom stereocenters. The second-order valence-electron chi connectivity index (χ2n) is 8.12. The molecule has 34 heavy (non-hydrogen) atoms. The van der Waals surface area contributed by atoms with E-state index in [0.29, 0.717) is 46.7 Å². The number of benzene rings is 1. The van der Waals surface area contributed by atoms with Crippen LogP contribution in [0.25, 0.3) is 0 Å². The Kier molecular flexibility index (Phi) is 9.91. The Labute approximate surface area is 211 Å². The monoisotopic (exact) mass is 496 g/mol. The van der Waals surface area contributed by atoms with Crippen LogP contribution < -0.4 is 14.5 Å². The topological polar surface area (TPSA) is 99.2 Å². The Hall–Kier alpha value is -2.43. The first-order valence-corrected chi connectivity index (χ1v) is 13.7. The first-order valence-electron chi connectivity index (χ1n) is 11.5. The van der Waals surface area contributed by atoms with Crippen LogP contribution in [-0.4, -0.2) is 55.7 Å². The molecule has 7 nitrogen and oxygen atoms in total. The summed E-state index contributed by atoms with van der Waals surface area (Å²) < 4.78 is 2.11. The predicted octanol–water partition coefficient (Wildman–Crippen LogP) is 3.94. The molecule has 3 rings (SSSR count). The average Bonchev–Trinajstić information content (AvgIpc) is 2.89. The average molecular weight is 497 g/mol. The van der Waals surface area contributed by atoms with E-state index in [-0.39, 0.29) is 6.61 Å². The summed E-state index contributed by atoms with van der Waals surface area (Å²) >= 11 is 3.22. The zero-order chi connectivity index (χ0) is 24.5. The normalized spacial score (nSPS) is 14.0. The molecule has 2 N–H and O–H groups in total. The third-order valence-electron chi connectivity index (χ3n) is 6.11. The number of aromatic nitrogens is 1. The molecule has 2 heterocycles. The fourth-order valence-corrected chi connectivity index (χ4v) is 5.43. The highest BCUT2D eigenvalue weighted by Crippen LogP contribution is 2.34. The van der Waals surface area contributed by atoms with Crippen molar-refractivity contribution in [3.05, 3.63) is 46.5 Å². The smallest absolute Gasteiger partial charge is 0.148 e. The fraction of sp³-hybridized carbons (Fsp3) is 0.480. The van der Waals surface area contributed by atoms with Gasteiger partial charge in [0.2, 0.25) is 0 Å². The number of anilines is 2. The van der Waals surface area contributed by atoms with Crippen molar-refractivity contribution in [1.82, 2.24) is 10.3 Å². The van der Waals surface area contributed by atoms with Crippen LogP contribution in [0, 0.1) is 22.7 Å². The number of rotatable bonds is 10. The lowest BCUT2D eigenvalue weighted by Crippen LogP contribution is -2.44. The number of aliphatic hydroxyl groups excluding tert-OH is 1. The molecular formula is C25H32N6OS2. The van der Waals surface area contributed by atoms with Crippen LogP contribution in [0.3, 0.4) is 0 Å². The third kappa shape index (κ3) is 6.17. The minimum absolute atomic E-state index is 0.132. The highest BCUT2D eigenvalue weighted by atomic mass is 32.2. The molecule has 1 fully saturated rings. The maximum absolute atomic E-state index is 9.96. The number of thioether (sulfide) groups is 1. The number of aliphatic hydroxyl groups is 1. The molecule has 180 valence electrons. The van der Waals surface area contributed by atoms with Gasteiger partial charge >= 0.3 is 0 Å². The van der Waals surface area contributed by atoms with Gasteiger partial charge < -0.3 is 19.6 Å². The largest absolute Gasteiger partial charge is 0.395 e. The molecule has 1 aliphatic rings. The van der Waals surface area contributed by atoms with Crippen molar-refractivity contribution in [1.29, 1.82) is 10.5 Å². The van der Waals surface area contributed by atoms with Crippen LogP contribution >= 0.6 is 23.7 Å². The quantitative estimate of drug-likeness (QED) is 0.374. The van der Waals surface area contributed by atoms with Crippen LogP contribution in [-0.2, 0) is 12.2 Å². The molecule has 1 aromatic heterocycles. The molecule has 2 aromatic rings. The van der Waals surface area contributed by atoms with Gasteiger partial charge in [0.1, 0.15) is 23.0 Å². The molecule has 0 spiro atoms. The van der Waals surface area contributed by atoms with Gasteiger partial charge in [0.25, 0.3) is 0 Å². The Morgan fingerprint density at radius 1 is 1.18 bits per heavy atom. The van der Waals surface area contributed by atoms with Crippen molar-refractivity contribution in [2.75, 3.05) is 48.7 Å². The summed E-state index contributed by atoms with van der Waals surface area (Å²) in [6, 6.07) is 13.4. The first-order chi connectivity index (χ1) is 16.6. The van der Waals surface area contributed by atoms with Crippen molar-refractivity contribution < 1.29 is 5.11 Å². The van der Waals surface area contributed by atoms with Crippen LogP contribution in [0.15, 0.2) is 29.3 Å². The molecule has 0 amide bonds. The van der Waals surface area contributed by atoms with E-state index in [1.807, 2.05) is 20.2 Å². The van der Waals surface area contributed by atoms with Gasteiger partial charge in [-0.3, -0.25) is 0 Å². The summed E-state index contributed by atoms with van der Waals surface area (Å²) in [5.74, 6) is 1.39. The molecule has 9 heteroatoms. The number of pyridine rings is 1. The highest BCUT2D eigenvalue weighted by molar-refractivity contribution is 7.99. The van der Waals surface area contributed by atoms with Gasteiger partial charge in [-0.05, 0) is 42.5 Å². The summed E-state index contributed by atoms with van der Waals surface area (Å²) in [7, 11) is 2.04. The van der Waals surface area contributed by atoms with Gasteiger partial charge in [-0.1, -0.05) is 31.0 Å². The van der Waals surface area contributed by atoms with E-state index in [0.717, 1.165) is 42.7 Å². The zero-order valence-corrected chi connectivity index (χ0v) is 21.7. The predicted molar refractivity (Wildman–Crippen MR) is 141 cm³/mol. The number of nitrogens with one attached hydrogen (secondary N) is 1. The van der Waals surface area contributed by atoms with E-state index in [9.17, 15) is 10.5 Å². The summed E-state index contributed by atoms with van der Waals surface area (Å²) in [5.41, 5.74) is 4.13. The second-order valence-corrected chi connectivity index (χ2v) is 10.00. The van der Waals surface area contributed by atoms with Gasteiger partial charge in [-0.25, -0.2) is 4.98 Å². The molecule has 1 aromatic carbocycles. The van der Waals surface area contributed by atoms with Crippen molar-refractivity contribution in [2.24, 2.45) is 0 Å². The van der Waals surface area contributed by atoms with Crippen molar-refractivity contribution >= 4 is 35.2 Å². The molecule has 0 atom stereocenters. The number of hydrogen-bond donors (Lipinski definition) is 2. The van der Waals surface area contributed by atoms with E-state index >= 15 is 0 Å². The molecule has 0 saturated carbocycles. The van der Waals surface area contributed by atoms with Gasteiger partial charge in [-0.2, -0.15) is 10.5 Å². The van der Waals surface area contributed by atoms with Gasteiger partial charge in [0, 0.05) is 50.4 Å². The summed E-state index contributed by atoms with van der Waals surface area (Å²) in [6.45, 7) is 4.29.